The van der Waals surface area contributed by atoms with Crippen molar-refractivity contribution in [3.05, 3.63) is 83.2 Å². The van der Waals surface area contributed by atoms with Crippen LogP contribution in [0.15, 0.2) is 79.6 Å². The van der Waals surface area contributed by atoms with Gasteiger partial charge in [0.15, 0.2) is 0 Å². The summed E-state index contributed by atoms with van der Waals surface area (Å²) in [5, 5.41) is 13.6. The Hall–Kier alpha value is -2.36. The summed E-state index contributed by atoms with van der Waals surface area (Å²) < 4.78 is 6.93. The van der Waals surface area contributed by atoms with E-state index in [9.17, 15) is 0 Å². The maximum atomic E-state index is 4.52. The van der Waals surface area contributed by atoms with Crippen molar-refractivity contribution in [2.24, 2.45) is 0 Å². The van der Waals surface area contributed by atoms with Crippen LogP contribution in [0.4, 0.5) is 0 Å². The minimum absolute atomic E-state index is 1.07. The summed E-state index contributed by atoms with van der Waals surface area (Å²) in [6, 6.07) is 14.1. The molecule has 0 fully saturated rings. The van der Waals surface area contributed by atoms with E-state index in [-0.39, 0.29) is 0 Å². The quantitative estimate of drug-likeness (QED) is 0.377. The Morgan fingerprint density at radius 2 is 1.13 bits per heavy atom. The normalized spacial score (nSPS) is 11.7. The van der Waals surface area contributed by atoms with Crippen LogP contribution in [0.25, 0.3) is 0 Å². The largest absolute Gasteiger partial charge is 0.396 e. The molecule has 0 aliphatic heterocycles. The lowest BCUT2D eigenvalue weighted by molar-refractivity contribution is 0.744. The molecule has 4 rings (SSSR count). The van der Waals surface area contributed by atoms with E-state index in [0.717, 1.165) is 5.46 Å². The summed E-state index contributed by atoms with van der Waals surface area (Å²) in [4.78, 5) is 0. The molecule has 0 aliphatic rings. The lowest BCUT2D eigenvalue weighted by atomic mass is 9.53. The fourth-order valence-electron chi connectivity index (χ4n) is 3.02. The first-order chi connectivity index (χ1) is 11.3. The molecule has 0 atom stereocenters. The number of halogens is 1. The second-order valence-corrected chi connectivity index (χ2v) is 6.49. The maximum Gasteiger partial charge on any atom is 0.369 e. The van der Waals surface area contributed by atoms with Gasteiger partial charge in [-0.2, -0.15) is 0 Å². The predicted molar refractivity (Wildman–Crippen MR) is 97.4 cm³/mol. The molecular formula is C15H13BIN6-. The third-order valence-electron chi connectivity index (χ3n) is 4.00. The van der Waals surface area contributed by atoms with Gasteiger partial charge in [0.25, 0.3) is 0 Å². The van der Waals surface area contributed by atoms with Crippen LogP contribution in [0.1, 0.15) is 0 Å². The number of aromatic nitrogens is 6. The molecule has 3 heterocycles. The molecule has 0 N–H and O–H groups in total. The van der Waals surface area contributed by atoms with E-state index in [1.54, 1.807) is 18.6 Å². The molecule has 0 radical (unpaired) electrons. The van der Waals surface area contributed by atoms with E-state index in [2.05, 4.69) is 62.2 Å². The van der Waals surface area contributed by atoms with Crippen molar-refractivity contribution in [3.63, 3.8) is 0 Å². The highest BCUT2D eigenvalue weighted by molar-refractivity contribution is 14.1. The highest BCUT2D eigenvalue weighted by Gasteiger charge is 2.36. The van der Waals surface area contributed by atoms with Gasteiger partial charge in [0, 0.05) is 22.2 Å². The molecule has 1 aromatic carbocycles. The van der Waals surface area contributed by atoms with E-state index in [0.29, 0.717) is 0 Å². The summed E-state index contributed by atoms with van der Waals surface area (Å²) in [5.74, 6) is 0. The Labute approximate surface area is 146 Å². The molecule has 0 saturated carbocycles. The van der Waals surface area contributed by atoms with Crippen LogP contribution < -0.4 is 5.46 Å². The van der Waals surface area contributed by atoms with Gasteiger partial charge in [-0.25, -0.2) is 15.3 Å². The topological polar surface area (TPSA) is 53.5 Å². The van der Waals surface area contributed by atoms with E-state index in [1.165, 1.54) is 3.57 Å². The molecule has 0 saturated heterocycles. The molecule has 0 spiro atoms. The molecule has 6 nitrogen and oxygen atoms in total. The Balaban J connectivity index is 2.08. The lowest BCUT2D eigenvalue weighted by Crippen LogP contribution is -2.67. The molecule has 8 heteroatoms. The van der Waals surface area contributed by atoms with Crippen molar-refractivity contribution >= 4 is 34.6 Å². The number of hydrogen-bond acceptors (Lipinski definition) is 3. The molecule has 3 aromatic heterocycles. The van der Waals surface area contributed by atoms with Crippen molar-refractivity contribution in [1.82, 2.24) is 29.1 Å². The van der Waals surface area contributed by atoms with Gasteiger partial charge in [-0.15, -0.1) is 5.46 Å². The maximum absolute atomic E-state index is 4.52. The van der Waals surface area contributed by atoms with Crippen molar-refractivity contribution in [1.29, 1.82) is 0 Å². The first-order valence-corrected chi connectivity index (χ1v) is 8.30. The molecule has 0 aliphatic carbocycles. The SMILES string of the molecule is Ic1ccc([B-](n2cccn2)(n2cccn2)n2cccn2)cc1. The third kappa shape index (κ3) is 2.21. The molecule has 114 valence electrons. The summed E-state index contributed by atoms with van der Waals surface area (Å²) in [7, 11) is 0. The summed E-state index contributed by atoms with van der Waals surface area (Å²) in [5.41, 5.74) is 1.07. The fraction of sp³-hybridized carbons (Fsp3) is 0. The van der Waals surface area contributed by atoms with Gasteiger partial charge in [-0.3, -0.25) is 0 Å². The van der Waals surface area contributed by atoms with E-state index in [4.69, 9.17) is 0 Å². The summed E-state index contributed by atoms with van der Waals surface area (Å²) in [6.45, 7) is -1.70. The Morgan fingerprint density at radius 3 is 1.48 bits per heavy atom. The smallest absolute Gasteiger partial charge is 0.369 e. The molecule has 4 aromatic rings. The Morgan fingerprint density at radius 1 is 0.696 bits per heavy atom. The predicted octanol–water partition coefficient (Wildman–Crippen LogP) is 1.67. The van der Waals surface area contributed by atoms with E-state index < -0.39 is 6.55 Å². The minimum atomic E-state index is -1.70. The zero-order chi connectivity index (χ0) is 15.7. The van der Waals surface area contributed by atoms with Crippen molar-refractivity contribution in [3.8, 4) is 0 Å². The number of nitrogens with zero attached hydrogens (tertiary/aromatic N) is 6. The third-order valence-corrected chi connectivity index (χ3v) is 4.72. The number of hydrogen-bond donors (Lipinski definition) is 0. The van der Waals surface area contributed by atoms with Gasteiger partial charge >= 0.3 is 6.55 Å². The molecule has 0 unspecified atom stereocenters. The minimum Gasteiger partial charge on any atom is -0.396 e. The Bertz CT molecular complexity index is 785. The van der Waals surface area contributed by atoms with Gasteiger partial charge in [0.1, 0.15) is 0 Å². The van der Waals surface area contributed by atoms with Crippen LogP contribution >= 0.6 is 22.6 Å². The molecular weight excluding hydrogens is 402 g/mol. The van der Waals surface area contributed by atoms with Crippen molar-refractivity contribution < 1.29 is 0 Å². The van der Waals surface area contributed by atoms with Gasteiger partial charge < -0.3 is 13.8 Å². The van der Waals surface area contributed by atoms with Gasteiger partial charge in [0.2, 0.25) is 0 Å². The number of rotatable bonds is 4. The van der Waals surface area contributed by atoms with Crippen LogP contribution in [0, 0.1) is 3.57 Å². The molecule has 0 bridgehead atoms. The zero-order valence-electron chi connectivity index (χ0n) is 12.1. The van der Waals surface area contributed by atoms with Gasteiger partial charge in [-0.05, 0) is 59.4 Å². The van der Waals surface area contributed by atoms with Crippen molar-refractivity contribution in [2.75, 3.05) is 0 Å². The second kappa shape index (κ2) is 5.69. The Kier molecular flexibility index (Phi) is 3.53. The summed E-state index contributed by atoms with van der Waals surface area (Å²) >= 11 is 2.30. The second-order valence-electron chi connectivity index (χ2n) is 5.24. The first kappa shape index (κ1) is 14.3. The summed E-state index contributed by atoms with van der Waals surface area (Å²) in [6.07, 6.45) is 11.2. The van der Waals surface area contributed by atoms with Crippen LogP contribution in [-0.2, 0) is 0 Å². The monoisotopic (exact) mass is 415 g/mol. The van der Waals surface area contributed by atoms with Gasteiger partial charge in [0.05, 0.1) is 0 Å². The highest BCUT2D eigenvalue weighted by Crippen LogP contribution is 2.13. The van der Waals surface area contributed by atoms with Crippen LogP contribution in [0.2, 0.25) is 0 Å². The van der Waals surface area contributed by atoms with Crippen LogP contribution in [0.3, 0.4) is 0 Å². The fourth-order valence-corrected chi connectivity index (χ4v) is 3.38. The lowest BCUT2D eigenvalue weighted by Gasteiger charge is -2.42. The van der Waals surface area contributed by atoms with Crippen LogP contribution in [-0.4, -0.2) is 35.6 Å². The zero-order valence-corrected chi connectivity index (χ0v) is 14.3. The van der Waals surface area contributed by atoms with E-state index in [1.807, 2.05) is 50.6 Å². The molecule has 0 amide bonds. The highest BCUT2D eigenvalue weighted by atomic mass is 127. The molecule has 23 heavy (non-hydrogen) atoms. The average Bonchev–Trinajstić information content (AvgIpc) is 3.35. The average molecular weight is 415 g/mol. The van der Waals surface area contributed by atoms with E-state index >= 15 is 0 Å². The number of benzene rings is 1. The first-order valence-electron chi connectivity index (χ1n) is 7.22. The van der Waals surface area contributed by atoms with Gasteiger partial charge in [-0.1, -0.05) is 24.3 Å². The van der Waals surface area contributed by atoms with Crippen molar-refractivity contribution in [2.45, 2.75) is 0 Å². The standard InChI is InChI=1S/C15H13BIN6/c17-15-6-4-14(5-7-15)16(21-11-1-8-18-21,22-12-2-9-19-22)23-13-3-10-20-23/h1-13H/q-1. The van der Waals surface area contributed by atoms with Crippen LogP contribution in [0.5, 0.6) is 0 Å².